The molecule has 0 aromatic heterocycles. The van der Waals surface area contributed by atoms with E-state index in [9.17, 15) is 18.0 Å². The van der Waals surface area contributed by atoms with Crippen molar-refractivity contribution in [3.8, 4) is 0 Å². The fourth-order valence-electron chi connectivity index (χ4n) is 1.39. The fourth-order valence-corrected chi connectivity index (χ4v) is 1.39. The number of carbonyl (C=O) groups excluding carboxylic acids is 1. The summed E-state index contributed by atoms with van der Waals surface area (Å²) in [4.78, 5) is 16.3. The van der Waals surface area contributed by atoms with Gasteiger partial charge in [0.05, 0.1) is 5.57 Å². The summed E-state index contributed by atoms with van der Waals surface area (Å²) in [6, 6.07) is 7.13. The maximum absolute atomic E-state index is 13.0. The SMILES string of the molecule is CCO/N=C(\C)C(=O)/C=C(/c1ccccc1)C(F)(F)F. The first-order valence-electron chi connectivity index (χ1n) is 5.91. The topological polar surface area (TPSA) is 38.7 Å². The Bertz CT molecular complexity index is 519. The van der Waals surface area contributed by atoms with E-state index in [1.807, 2.05) is 0 Å². The molecule has 0 saturated carbocycles. The molecule has 0 unspecified atom stereocenters. The monoisotopic (exact) mass is 285 g/mol. The van der Waals surface area contributed by atoms with E-state index in [0.29, 0.717) is 6.08 Å². The Morgan fingerprint density at radius 3 is 2.40 bits per heavy atom. The predicted molar refractivity (Wildman–Crippen MR) is 70.2 cm³/mol. The summed E-state index contributed by atoms with van der Waals surface area (Å²) in [6.07, 6.45) is -4.09. The van der Waals surface area contributed by atoms with E-state index >= 15 is 0 Å². The summed E-state index contributed by atoms with van der Waals surface area (Å²) in [5.41, 5.74) is -1.21. The fraction of sp³-hybridized carbons (Fsp3) is 0.286. The average Bonchev–Trinajstić information content (AvgIpc) is 2.41. The molecule has 0 heterocycles. The second-order valence-electron chi connectivity index (χ2n) is 3.88. The van der Waals surface area contributed by atoms with Crippen LogP contribution in [0.1, 0.15) is 19.4 Å². The first kappa shape index (κ1) is 15.9. The highest BCUT2D eigenvalue weighted by Gasteiger charge is 2.35. The smallest absolute Gasteiger partial charge is 0.396 e. The molecular weight excluding hydrogens is 271 g/mol. The number of nitrogens with zero attached hydrogens (tertiary/aromatic N) is 1. The van der Waals surface area contributed by atoms with Crippen molar-refractivity contribution in [2.24, 2.45) is 5.16 Å². The van der Waals surface area contributed by atoms with Crippen LogP contribution in [-0.2, 0) is 9.63 Å². The van der Waals surface area contributed by atoms with Gasteiger partial charge in [-0.3, -0.25) is 4.79 Å². The lowest BCUT2D eigenvalue weighted by Crippen LogP contribution is -2.15. The molecule has 1 aromatic carbocycles. The molecule has 0 aliphatic heterocycles. The van der Waals surface area contributed by atoms with Crippen molar-refractivity contribution >= 4 is 17.1 Å². The van der Waals surface area contributed by atoms with Crippen LogP contribution in [-0.4, -0.2) is 24.3 Å². The minimum atomic E-state index is -4.62. The van der Waals surface area contributed by atoms with E-state index in [4.69, 9.17) is 0 Å². The molecular formula is C14H14F3NO2. The standard InChI is InChI=1S/C14H14F3NO2/c1-3-20-18-10(2)13(19)9-12(14(15,16)17)11-7-5-4-6-8-11/h4-9H,3H2,1-2H3/b12-9-,18-10+. The summed E-state index contributed by atoms with van der Waals surface area (Å²) in [5, 5.41) is 3.43. The zero-order valence-corrected chi connectivity index (χ0v) is 11.1. The van der Waals surface area contributed by atoms with Crippen molar-refractivity contribution in [2.45, 2.75) is 20.0 Å². The molecule has 20 heavy (non-hydrogen) atoms. The first-order valence-corrected chi connectivity index (χ1v) is 5.91. The summed E-state index contributed by atoms with van der Waals surface area (Å²) in [5.74, 6) is -0.838. The van der Waals surface area contributed by atoms with Gasteiger partial charge in [0, 0.05) is 6.08 Å². The van der Waals surface area contributed by atoms with Crippen LogP contribution in [0.15, 0.2) is 41.6 Å². The Hall–Kier alpha value is -2.11. The van der Waals surface area contributed by atoms with Gasteiger partial charge in [-0.2, -0.15) is 13.2 Å². The summed E-state index contributed by atoms with van der Waals surface area (Å²) < 4.78 is 39.0. The second kappa shape index (κ2) is 6.88. The third-order valence-corrected chi connectivity index (χ3v) is 2.35. The molecule has 108 valence electrons. The van der Waals surface area contributed by atoms with Gasteiger partial charge in [0.25, 0.3) is 0 Å². The Kier molecular flexibility index (Phi) is 5.49. The molecule has 0 saturated heterocycles. The lowest BCUT2D eigenvalue weighted by molar-refractivity contribution is -0.109. The summed E-state index contributed by atoms with van der Waals surface area (Å²) >= 11 is 0. The zero-order valence-electron chi connectivity index (χ0n) is 11.1. The molecule has 0 fully saturated rings. The number of benzene rings is 1. The van der Waals surface area contributed by atoms with Crippen LogP contribution in [0.2, 0.25) is 0 Å². The number of rotatable bonds is 5. The molecule has 0 spiro atoms. The number of hydrogen-bond acceptors (Lipinski definition) is 3. The van der Waals surface area contributed by atoms with Gasteiger partial charge in [-0.1, -0.05) is 35.5 Å². The van der Waals surface area contributed by atoms with Gasteiger partial charge >= 0.3 is 6.18 Å². The van der Waals surface area contributed by atoms with Gasteiger partial charge in [-0.05, 0) is 19.4 Å². The van der Waals surface area contributed by atoms with E-state index in [2.05, 4.69) is 9.99 Å². The Morgan fingerprint density at radius 2 is 1.90 bits per heavy atom. The van der Waals surface area contributed by atoms with E-state index in [0.717, 1.165) is 0 Å². The van der Waals surface area contributed by atoms with Crippen LogP contribution in [0.3, 0.4) is 0 Å². The van der Waals surface area contributed by atoms with Crippen molar-refractivity contribution in [2.75, 3.05) is 6.61 Å². The number of halogens is 3. The van der Waals surface area contributed by atoms with Gasteiger partial charge in [0.2, 0.25) is 5.78 Å². The van der Waals surface area contributed by atoms with Gasteiger partial charge in [0.15, 0.2) is 0 Å². The predicted octanol–water partition coefficient (Wildman–Crippen LogP) is 3.61. The van der Waals surface area contributed by atoms with Crippen molar-refractivity contribution in [3.05, 3.63) is 42.0 Å². The highest BCUT2D eigenvalue weighted by atomic mass is 19.4. The van der Waals surface area contributed by atoms with Crippen molar-refractivity contribution in [1.29, 1.82) is 0 Å². The van der Waals surface area contributed by atoms with Gasteiger partial charge in [-0.25, -0.2) is 0 Å². The van der Waals surface area contributed by atoms with Crippen LogP contribution in [0, 0.1) is 0 Å². The largest absolute Gasteiger partial charge is 0.417 e. The molecule has 0 radical (unpaired) electrons. The van der Waals surface area contributed by atoms with Crippen molar-refractivity contribution < 1.29 is 22.8 Å². The summed E-state index contributed by atoms with van der Waals surface area (Å²) in [6.45, 7) is 3.19. The number of oxime groups is 1. The minimum absolute atomic E-state index is 0.0717. The number of alkyl halides is 3. The highest BCUT2D eigenvalue weighted by molar-refractivity contribution is 6.44. The van der Waals surface area contributed by atoms with Crippen LogP contribution in [0.4, 0.5) is 13.2 Å². The van der Waals surface area contributed by atoms with E-state index < -0.39 is 17.5 Å². The van der Waals surface area contributed by atoms with Gasteiger partial charge in [-0.15, -0.1) is 0 Å². The molecule has 0 atom stereocenters. The second-order valence-corrected chi connectivity index (χ2v) is 3.88. The van der Waals surface area contributed by atoms with Crippen molar-refractivity contribution in [1.82, 2.24) is 0 Å². The molecule has 0 bridgehead atoms. The molecule has 1 aromatic rings. The quantitative estimate of drug-likeness (QED) is 0.471. The lowest BCUT2D eigenvalue weighted by atomic mass is 10.0. The lowest BCUT2D eigenvalue weighted by Gasteiger charge is -2.11. The van der Waals surface area contributed by atoms with Gasteiger partial charge < -0.3 is 4.84 Å². The molecule has 0 aliphatic carbocycles. The van der Waals surface area contributed by atoms with Crippen LogP contribution in [0.5, 0.6) is 0 Å². The third-order valence-electron chi connectivity index (χ3n) is 2.35. The zero-order chi connectivity index (χ0) is 15.2. The van der Waals surface area contributed by atoms with Crippen molar-refractivity contribution in [3.63, 3.8) is 0 Å². The number of carbonyl (C=O) groups is 1. The highest BCUT2D eigenvalue weighted by Crippen LogP contribution is 2.33. The average molecular weight is 285 g/mol. The normalized spacial score (nSPS) is 13.2. The first-order chi connectivity index (χ1) is 9.36. The van der Waals surface area contributed by atoms with Crippen LogP contribution in [0.25, 0.3) is 5.57 Å². The van der Waals surface area contributed by atoms with Gasteiger partial charge in [0.1, 0.15) is 12.3 Å². The summed E-state index contributed by atoms with van der Waals surface area (Å²) in [7, 11) is 0. The van der Waals surface area contributed by atoms with E-state index in [1.54, 1.807) is 13.0 Å². The molecule has 6 heteroatoms. The molecule has 0 amide bonds. The molecule has 0 aliphatic rings. The number of hydrogen-bond donors (Lipinski definition) is 0. The number of ketones is 1. The Morgan fingerprint density at radius 1 is 1.30 bits per heavy atom. The minimum Gasteiger partial charge on any atom is -0.396 e. The molecule has 0 N–H and O–H groups in total. The maximum atomic E-state index is 13.0. The Balaban J connectivity index is 3.13. The Labute approximate surface area is 114 Å². The third kappa shape index (κ3) is 4.53. The molecule has 1 rings (SSSR count). The van der Waals surface area contributed by atoms with Crippen LogP contribution < -0.4 is 0 Å². The number of allylic oxidation sites excluding steroid dienone is 2. The van der Waals surface area contributed by atoms with E-state index in [-0.39, 0.29) is 17.9 Å². The van der Waals surface area contributed by atoms with E-state index in [1.165, 1.54) is 31.2 Å². The molecule has 3 nitrogen and oxygen atoms in total. The maximum Gasteiger partial charge on any atom is 0.417 e. The van der Waals surface area contributed by atoms with Crippen LogP contribution >= 0.6 is 0 Å².